The van der Waals surface area contributed by atoms with Crippen molar-refractivity contribution in [3.63, 3.8) is 0 Å². The predicted octanol–water partition coefficient (Wildman–Crippen LogP) is 2.54. The minimum atomic E-state index is -2.48. The van der Waals surface area contributed by atoms with Crippen LogP contribution in [-0.4, -0.2) is 30.1 Å². The van der Waals surface area contributed by atoms with Gasteiger partial charge in [-0.2, -0.15) is 0 Å². The Hall–Kier alpha value is -0.163. The van der Waals surface area contributed by atoms with Gasteiger partial charge in [0.25, 0.3) is 0 Å². The summed E-state index contributed by atoms with van der Waals surface area (Å²) >= 11 is 0. The van der Waals surface area contributed by atoms with Gasteiger partial charge in [0.05, 0.1) is 0 Å². The Kier molecular flexibility index (Phi) is 5.53. The Morgan fingerprint density at radius 1 is 0.933 bits per heavy atom. The molecule has 0 aromatic heterocycles. The maximum atomic E-state index is 5.33. The molecule has 0 amide bonds. The van der Waals surface area contributed by atoms with Gasteiger partial charge in [0.2, 0.25) is 0 Å². The Morgan fingerprint density at radius 2 is 1.47 bits per heavy atom. The average Bonchev–Trinajstić information content (AvgIpc) is 2.33. The smallest absolute Gasteiger partial charge is 0.374 e. The fourth-order valence-electron chi connectivity index (χ4n) is 2.03. The maximum Gasteiger partial charge on any atom is 0.528 e. The van der Waals surface area contributed by atoms with Crippen LogP contribution in [0.3, 0.4) is 0 Å². The third-order valence-corrected chi connectivity index (χ3v) is 5.38. The maximum absolute atomic E-state index is 5.33. The number of rotatable bonds is 5. The van der Waals surface area contributed by atoms with Crippen LogP contribution < -0.4 is 0 Å². The molecule has 3 nitrogen and oxygen atoms in total. The van der Waals surface area contributed by atoms with Gasteiger partial charge in [0, 0.05) is 21.3 Å². The molecule has 0 atom stereocenters. The van der Waals surface area contributed by atoms with Crippen molar-refractivity contribution in [1.29, 1.82) is 0 Å². The molecular formula is C11H22O3Si. The predicted molar refractivity (Wildman–Crippen MR) is 62.5 cm³/mol. The van der Waals surface area contributed by atoms with Gasteiger partial charge in [-0.05, 0) is 24.5 Å². The zero-order chi connectivity index (χ0) is 11.1. The highest BCUT2D eigenvalue weighted by Crippen LogP contribution is 2.25. The van der Waals surface area contributed by atoms with E-state index < -0.39 is 8.80 Å². The van der Waals surface area contributed by atoms with Crippen molar-refractivity contribution < 1.29 is 13.3 Å². The second-order valence-corrected chi connectivity index (χ2v) is 6.74. The van der Waals surface area contributed by atoms with Gasteiger partial charge < -0.3 is 13.3 Å². The van der Waals surface area contributed by atoms with Crippen molar-refractivity contribution in [2.75, 3.05) is 21.3 Å². The van der Waals surface area contributed by atoms with E-state index in [4.69, 9.17) is 13.3 Å². The molecule has 0 aromatic carbocycles. The topological polar surface area (TPSA) is 27.7 Å². The van der Waals surface area contributed by atoms with Crippen molar-refractivity contribution in [2.24, 2.45) is 5.92 Å². The van der Waals surface area contributed by atoms with Gasteiger partial charge in [-0.1, -0.05) is 25.3 Å². The lowest BCUT2D eigenvalue weighted by atomic mass is 9.90. The summed E-state index contributed by atoms with van der Waals surface area (Å²) < 4.78 is 16.0. The second kappa shape index (κ2) is 6.43. The van der Waals surface area contributed by atoms with Crippen molar-refractivity contribution in [3.8, 4) is 0 Å². The lowest BCUT2D eigenvalue weighted by molar-refractivity contribution is 0.138. The molecule has 1 rings (SSSR count). The highest BCUT2D eigenvalue weighted by atomic mass is 28.4. The minimum Gasteiger partial charge on any atom is -0.374 e. The first-order valence-electron chi connectivity index (χ1n) is 5.61. The summed E-state index contributed by atoms with van der Waals surface area (Å²) in [6.45, 7) is 0. The molecule has 0 aliphatic heterocycles. The summed E-state index contributed by atoms with van der Waals surface area (Å²) in [6, 6.07) is 0. The molecule has 0 spiro atoms. The van der Waals surface area contributed by atoms with Gasteiger partial charge in [-0.15, -0.1) is 0 Å². The molecule has 0 unspecified atom stereocenters. The second-order valence-electron chi connectivity index (χ2n) is 3.97. The van der Waals surface area contributed by atoms with Crippen LogP contribution in [0, 0.1) is 5.92 Å². The van der Waals surface area contributed by atoms with Gasteiger partial charge in [0.15, 0.2) is 0 Å². The Labute approximate surface area is 93.8 Å². The van der Waals surface area contributed by atoms with E-state index in [1.807, 2.05) is 5.70 Å². The van der Waals surface area contributed by atoms with Gasteiger partial charge >= 0.3 is 8.80 Å². The van der Waals surface area contributed by atoms with Gasteiger partial charge in [0.1, 0.15) is 0 Å². The molecule has 0 aromatic rings. The van der Waals surface area contributed by atoms with E-state index in [1.165, 1.54) is 32.1 Å². The number of hydrogen-bond acceptors (Lipinski definition) is 3. The van der Waals surface area contributed by atoms with Crippen LogP contribution in [0.4, 0.5) is 0 Å². The third kappa shape index (κ3) is 3.72. The van der Waals surface area contributed by atoms with Crippen molar-refractivity contribution in [3.05, 3.63) is 11.8 Å². The lowest BCUT2D eigenvalue weighted by Gasteiger charge is -2.23. The Morgan fingerprint density at radius 3 is 1.93 bits per heavy atom. The standard InChI is InChI=1S/C11H22O3Si/c1-12-15(13-2,14-3)10-9-11-7-5-4-6-8-11/h9-11H,4-8H2,1-3H3. The summed E-state index contributed by atoms with van der Waals surface area (Å²) in [6.07, 6.45) is 8.87. The fourth-order valence-corrected chi connectivity index (χ4v) is 3.45. The van der Waals surface area contributed by atoms with Crippen molar-refractivity contribution in [2.45, 2.75) is 32.1 Å². The van der Waals surface area contributed by atoms with Crippen LogP contribution in [0.2, 0.25) is 0 Å². The average molecular weight is 230 g/mol. The van der Waals surface area contributed by atoms with E-state index in [0.717, 1.165) is 0 Å². The van der Waals surface area contributed by atoms with Crippen LogP contribution in [-0.2, 0) is 13.3 Å². The molecule has 0 radical (unpaired) electrons. The summed E-state index contributed by atoms with van der Waals surface area (Å²) in [5.41, 5.74) is 2.02. The Balaban J connectivity index is 2.51. The van der Waals surface area contributed by atoms with E-state index in [9.17, 15) is 0 Å². The van der Waals surface area contributed by atoms with Crippen LogP contribution >= 0.6 is 0 Å². The molecule has 1 fully saturated rings. The first-order valence-corrected chi connectivity index (χ1v) is 7.41. The van der Waals surface area contributed by atoms with E-state index in [1.54, 1.807) is 21.3 Å². The SMILES string of the molecule is CO[Si](C=CC1CCCCC1)(OC)OC. The summed E-state index contributed by atoms with van der Waals surface area (Å²) in [7, 11) is 2.45. The van der Waals surface area contributed by atoms with Gasteiger partial charge in [-0.25, -0.2) is 0 Å². The molecule has 0 bridgehead atoms. The molecule has 1 aliphatic carbocycles. The molecule has 0 saturated heterocycles. The first-order chi connectivity index (χ1) is 7.26. The van der Waals surface area contributed by atoms with Crippen LogP contribution in [0.25, 0.3) is 0 Å². The quantitative estimate of drug-likeness (QED) is 0.679. The van der Waals surface area contributed by atoms with Crippen LogP contribution in [0.15, 0.2) is 11.8 Å². The highest BCUT2D eigenvalue weighted by Gasteiger charge is 2.34. The molecule has 1 saturated carbocycles. The lowest BCUT2D eigenvalue weighted by Crippen LogP contribution is -2.41. The van der Waals surface area contributed by atoms with Crippen molar-refractivity contribution in [1.82, 2.24) is 0 Å². The molecular weight excluding hydrogens is 208 g/mol. The highest BCUT2D eigenvalue weighted by molar-refractivity contribution is 6.66. The van der Waals surface area contributed by atoms with E-state index in [2.05, 4.69) is 6.08 Å². The van der Waals surface area contributed by atoms with E-state index in [-0.39, 0.29) is 0 Å². The molecule has 0 N–H and O–H groups in total. The van der Waals surface area contributed by atoms with Crippen molar-refractivity contribution >= 4 is 8.80 Å². The summed E-state index contributed by atoms with van der Waals surface area (Å²) in [5, 5.41) is 0. The number of allylic oxidation sites excluding steroid dienone is 1. The summed E-state index contributed by atoms with van der Waals surface area (Å²) in [5.74, 6) is 0.686. The monoisotopic (exact) mass is 230 g/mol. The van der Waals surface area contributed by atoms with Gasteiger partial charge in [-0.3, -0.25) is 0 Å². The zero-order valence-corrected chi connectivity index (χ0v) is 11.0. The minimum absolute atomic E-state index is 0.686. The van der Waals surface area contributed by atoms with Crippen LogP contribution in [0.1, 0.15) is 32.1 Å². The van der Waals surface area contributed by atoms with Crippen LogP contribution in [0.5, 0.6) is 0 Å². The van der Waals surface area contributed by atoms with E-state index >= 15 is 0 Å². The van der Waals surface area contributed by atoms with E-state index in [0.29, 0.717) is 5.92 Å². The third-order valence-electron chi connectivity index (χ3n) is 3.08. The number of hydrogen-bond donors (Lipinski definition) is 0. The molecule has 15 heavy (non-hydrogen) atoms. The molecule has 88 valence electrons. The largest absolute Gasteiger partial charge is 0.528 e. The Bertz CT molecular complexity index is 188. The molecule has 0 heterocycles. The zero-order valence-electron chi connectivity index (χ0n) is 9.99. The fraction of sp³-hybridized carbons (Fsp3) is 0.818. The normalized spacial score (nSPS) is 19.9. The first kappa shape index (κ1) is 12.9. The molecule has 4 heteroatoms. The molecule has 1 aliphatic rings. The summed E-state index contributed by atoms with van der Waals surface area (Å²) in [4.78, 5) is 0.